The van der Waals surface area contributed by atoms with Gasteiger partial charge in [0.2, 0.25) is 0 Å². The van der Waals surface area contributed by atoms with Gasteiger partial charge in [0.1, 0.15) is 5.82 Å². The van der Waals surface area contributed by atoms with Crippen molar-refractivity contribution in [3.05, 3.63) is 82.9 Å². The topological polar surface area (TPSA) is 38.1 Å². The minimum atomic E-state index is -0.326. The molecule has 0 atom stereocenters. The Kier molecular flexibility index (Phi) is 5.16. The average Bonchev–Trinajstić information content (AvgIpc) is 3.30. The molecule has 0 bridgehead atoms. The van der Waals surface area contributed by atoms with Crippen molar-refractivity contribution in [3.63, 3.8) is 0 Å². The van der Waals surface area contributed by atoms with Gasteiger partial charge in [-0.15, -0.1) is 0 Å². The molecule has 134 valence electrons. The van der Waals surface area contributed by atoms with Crippen LogP contribution in [0.15, 0.2) is 54.9 Å². The highest BCUT2D eigenvalue weighted by Gasteiger charge is 2.29. The van der Waals surface area contributed by atoms with Gasteiger partial charge >= 0.3 is 0 Å². The van der Waals surface area contributed by atoms with Crippen LogP contribution >= 0.6 is 0 Å². The summed E-state index contributed by atoms with van der Waals surface area (Å²) in [5.74, 6) is -0.425. The molecule has 2 heterocycles. The summed E-state index contributed by atoms with van der Waals surface area (Å²) < 4.78 is 15.5. The van der Waals surface area contributed by atoms with E-state index < -0.39 is 0 Å². The molecule has 0 fully saturated rings. The number of amides is 1. The van der Waals surface area contributed by atoms with E-state index in [9.17, 15) is 9.18 Å². The molecular weight excluding hydrogens is 329 g/mol. The highest BCUT2D eigenvalue weighted by atomic mass is 19.1. The van der Waals surface area contributed by atoms with Crippen LogP contribution in [0.1, 0.15) is 40.9 Å². The molecule has 0 unspecified atom stereocenters. The number of aromatic nitrogens is 2. The molecule has 1 aliphatic rings. The van der Waals surface area contributed by atoms with Crippen LogP contribution in [0.2, 0.25) is 0 Å². The average molecular weight is 351 g/mol. The SMILES string of the molecule is CC.Cc1c(F)ccc2c1C(=O)N(Cc1ccc(-n3cccn3)cc1)C2. The molecule has 0 spiro atoms. The fourth-order valence-corrected chi connectivity index (χ4v) is 3.13. The Morgan fingerprint density at radius 1 is 1.12 bits per heavy atom. The third-order valence-electron chi connectivity index (χ3n) is 4.43. The van der Waals surface area contributed by atoms with Gasteiger partial charge < -0.3 is 4.90 Å². The van der Waals surface area contributed by atoms with E-state index in [2.05, 4.69) is 5.10 Å². The van der Waals surface area contributed by atoms with Crippen molar-refractivity contribution in [1.82, 2.24) is 14.7 Å². The summed E-state index contributed by atoms with van der Waals surface area (Å²) in [6.07, 6.45) is 3.61. The first-order valence-electron chi connectivity index (χ1n) is 8.79. The van der Waals surface area contributed by atoms with Gasteiger partial charge in [-0.3, -0.25) is 4.79 Å². The van der Waals surface area contributed by atoms with E-state index in [0.717, 1.165) is 16.8 Å². The zero-order valence-electron chi connectivity index (χ0n) is 15.2. The minimum absolute atomic E-state index is 0.0989. The van der Waals surface area contributed by atoms with E-state index >= 15 is 0 Å². The lowest BCUT2D eigenvalue weighted by Gasteiger charge is -2.16. The summed E-state index contributed by atoms with van der Waals surface area (Å²) in [6, 6.07) is 12.9. The lowest BCUT2D eigenvalue weighted by molar-refractivity contribution is 0.0766. The van der Waals surface area contributed by atoms with Gasteiger partial charge in [-0.2, -0.15) is 5.10 Å². The Balaban J connectivity index is 0.000000948. The van der Waals surface area contributed by atoms with Crippen LogP contribution in [0.5, 0.6) is 0 Å². The van der Waals surface area contributed by atoms with Crippen molar-refractivity contribution in [2.45, 2.75) is 33.9 Å². The number of halogens is 1. The number of benzene rings is 2. The van der Waals surface area contributed by atoms with Crippen molar-refractivity contribution < 1.29 is 9.18 Å². The fraction of sp³-hybridized carbons (Fsp3) is 0.238. The van der Waals surface area contributed by atoms with Crippen LogP contribution in [0.3, 0.4) is 0 Å². The molecule has 1 amide bonds. The molecule has 1 aromatic heterocycles. The molecule has 5 heteroatoms. The fourth-order valence-electron chi connectivity index (χ4n) is 3.13. The van der Waals surface area contributed by atoms with Crippen LogP contribution < -0.4 is 0 Å². The Hall–Kier alpha value is -2.95. The monoisotopic (exact) mass is 351 g/mol. The van der Waals surface area contributed by atoms with Gasteiger partial charge in [-0.05, 0) is 47.9 Å². The van der Waals surface area contributed by atoms with Gasteiger partial charge in [0.25, 0.3) is 5.91 Å². The molecule has 3 aromatic rings. The molecule has 26 heavy (non-hydrogen) atoms. The van der Waals surface area contributed by atoms with Crippen molar-refractivity contribution in [3.8, 4) is 5.69 Å². The van der Waals surface area contributed by atoms with Crippen LogP contribution in [0, 0.1) is 12.7 Å². The zero-order chi connectivity index (χ0) is 18.7. The normalized spacial score (nSPS) is 12.6. The Labute approximate surface area is 152 Å². The van der Waals surface area contributed by atoms with Crippen LogP contribution in [0.4, 0.5) is 4.39 Å². The molecule has 0 saturated carbocycles. The number of hydrogen-bond donors (Lipinski definition) is 0. The maximum Gasteiger partial charge on any atom is 0.255 e. The van der Waals surface area contributed by atoms with Crippen molar-refractivity contribution in [1.29, 1.82) is 0 Å². The van der Waals surface area contributed by atoms with Crippen LogP contribution in [0.25, 0.3) is 5.69 Å². The second-order valence-electron chi connectivity index (χ2n) is 5.98. The van der Waals surface area contributed by atoms with E-state index in [-0.39, 0.29) is 11.7 Å². The first-order valence-corrected chi connectivity index (χ1v) is 8.79. The summed E-state index contributed by atoms with van der Waals surface area (Å²) in [5.41, 5.74) is 3.85. The standard InChI is InChI=1S/C19H16FN3O.C2H6/c1-13-17(20)8-5-15-12-22(19(24)18(13)15)11-14-3-6-16(7-4-14)23-10-2-9-21-23;1-2/h2-10H,11-12H2,1H3;1-2H3. The van der Waals surface area contributed by atoms with Gasteiger partial charge in [-0.1, -0.05) is 32.0 Å². The summed E-state index contributed by atoms with van der Waals surface area (Å²) in [5, 5.41) is 4.19. The minimum Gasteiger partial charge on any atom is -0.330 e. The Bertz CT molecular complexity index is 902. The first kappa shape index (κ1) is 17.9. The summed E-state index contributed by atoms with van der Waals surface area (Å²) in [4.78, 5) is 14.3. The van der Waals surface area contributed by atoms with E-state index in [1.54, 1.807) is 28.8 Å². The summed E-state index contributed by atoms with van der Waals surface area (Å²) >= 11 is 0. The Morgan fingerprint density at radius 2 is 1.85 bits per heavy atom. The Morgan fingerprint density at radius 3 is 2.50 bits per heavy atom. The number of carbonyl (C=O) groups is 1. The molecular formula is C21H22FN3O. The maximum absolute atomic E-state index is 13.7. The summed E-state index contributed by atoms with van der Waals surface area (Å²) in [7, 11) is 0. The van der Waals surface area contributed by atoms with Gasteiger partial charge in [-0.25, -0.2) is 9.07 Å². The molecule has 2 aromatic carbocycles. The molecule has 4 rings (SSSR count). The van der Waals surface area contributed by atoms with Crippen LogP contribution in [-0.4, -0.2) is 20.6 Å². The second-order valence-corrected chi connectivity index (χ2v) is 5.98. The molecule has 0 aliphatic carbocycles. The molecule has 0 N–H and O–H groups in total. The van der Waals surface area contributed by atoms with E-state index in [1.165, 1.54) is 6.07 Å². The second kappa shape index (κ2) is 7.52. The van der Waals surface area contributed by atoms with Gasteiger partial charge in [0.05, 0.1) is 11.3 Å². The number of hydrogen-bond acceptors (Lipinski definition) is 2. The lowest BCUT2D eigenvalue weighted by atomic mass is 10.0. The maximum atomic E-state index is 13.7. The quantitative estimate of drug-likeness (QED) is 0.697. The van der Waals surface area contributed by atoms with Gasteiger partial charge in [0, 0.05) is 25.5 Å². The highest BCUT2D eigenvalue weighted by Crippen LogP contribution is 2.28. The van der Waals surface area contributed by atoms with E-state index in [4.69, 9.17) is 0 Å². The number of fused-ring (bicyclic) bond motifs is 1. The number of nitrogens with zero attached hydrogens (tertiary/aromatic N) is 3. The lowest BCUT2D eigenvalue weighted by Crippen LogP contribution is -2.23. The summed E-state index contributed by atoms with van der Waals surface area (Å²) in [6.45, 7) is 6.69. The third-order valence-corrected chi connectivity index (χ3v) is 4.43. The first-order chi connectivity index (χ1) is 12.6. The van der Waals surface area contributed by atoms with Crippen molar-refractivity contribution in [2.24, 2.45) is 0 Å². The number of carbonyl (C=O) groups excluding carboxylic acids is 1. The largest absolute Gasteiger partial charge is 0.330 e. The smallest absolute Gasteiger partial charge is 0.255 e. The third kappa shape index (κ3) is 3.25. The van der Waals surface area contributed by atoms with Crippen molar-refractivity contribution >= 4 is 5.91 Å². The van der Waals surface area contributed by atoms with Crippen molar-refractivity contribution in [2.75, 3.05) is 0 Å². The van der Waals surface area contributed by atoms with E-state index in [1.807, 2.05) is 50.4 Å². The van der Waals surface area contributed by atoms with Crippen LogP contribution in [-0.2, 0) is 13.1 Å². The number of rotatable bonds is 3. The molecule has 4 nitrogen and oxygen atoms in total. The zero-order valence-corrected chi connectivity index (χ0v) is 15.2. The highest BCUT2D eigenvalue weighted by molar-refractivity contribution is 5.99. The molecule has 0 saturated heterocycles. The predicted octanol–water partition coefficient (Wildman–Crippen LogP) is 4.50. The molecule has 0 radical (unpaired) electrons. The van der Waals surface area contributed by atoms with Gasteiger partial charge in [0.15, 0.2) is 0 Å². The predicted molar refractivity (Wildman–Crippen MR) is 99.6 cm³/mol. The van der Waals surface area contributed by atoms with E-state index in [0.29, 0.717) is 24.2 Å². The molecule has 1 aliphatic heterocycles.